The summed E-state index contributed by atoms with van der Waals surface area (Å²) in [7, 11) is 1.91. The summed E-state index contributed by atoms with van der Waals surface area (Å²) in [6, 6.07) is 7.24. The van der Waals surface area contributed by atoms with Gasteiger partial charge >= 0.3 is 0 Å². The minimum atomic E-state index is -0.480. The highest BCUT2D eigenvalue weighted by atomic mass is 19.1. The molecule has 1 aliphatic carbocycles. The summed E-state index contributed by atoms with van der Waals surface area (Å²) < 4.78 is 15.5. The molecule has 0 bridgehead atoms. The highest BCUT2D eigenvalue weighted by Crippen LogP contribution is 2.38. The Bertz CT molecular complexity index is 1380. The molecule has 2 fully saturated rings. The average molecular weight is 457 g/mol. The Morgan fingerprint density at radius 1 is 1.09 bits per heavy atom. The second-order valence-corrected chi connectivity index (χ2v) is 9.11. The van der Waals surface area contributed by atoms with Crippen LogP contribution < -0.4 is 10.2 Å². The quantitative estimate of drug-likeness (QED) is 0.426. The standard InChI is InChI=1S/C26H25FN6O/c1-28-18-7-8-33(14-18)22-4-2-3-19(23(22)27)24(34)21-13-32-26-20(21)9-16(10-31-26)17-11-29-25(30-12-17)15-5-6-15/h2-4,9-13,15,18,28H,5-8,14H2,1H3,(H,31,32). The zero-order valence-electron chi connectivity index (χ0n) is 18.9. The predicted octanol–water partition coefficient (Wildman–Crippen LogP) is 4.07. The van der Waals surface area contributed by atoms with Gasteiger partial charge in [-0.1, -0.05) is 6.07 Å². The Morgan fingerprint density at radius 3 is 2.62 bits per heavy atom. The van der Waals surface area contributed by atoms with E-state index in [0.29, 0.717) is 40.8 Å². The molecule has 0 amide bonds. The van der Waals surface area contributed by atoms with Crippen molar-refractivity contribution in [2.45, 2.75) is 31.2 Å². The number of hydrogen-bond acceptors (Lipinski definition) is 6. The number of aromatic nitrogens is 4. The monoisotopic (exact) mass is 456 g/mol. The molecule has 4 heterocycles. The van der Waals surface area contributed by atoms with Crippen LogP contribution in [-0.4, -0.2) is 51.9 Å². The van der Waals surface area contributed by atoms with Crippen LogP contribution in [0, 0.1) is 5.82 Å². The zero-order valence-corrected chi connectivity index (χ0v) is 18.9. The molecule has 172 valence electrons. The topological polar surface area (TPSA) is 86.8 Å². The fraction of sp³-hybridized carbons (Fsp3) is 0.308. The van der Waals surface area contributed by atoms with Crippen LogP contribution in [0.2, 0.25) is 0 Å². The van der Waals surface area contributed by atoms with Crippen molar-refractivity contribution in [2.75, 3.05) is 25.0 Å². The van der Waals surface area contributed by atoms with Crippen molar-refractivity contribution in [3.8, 4) is 11.1 Å². The molecular weight excluding hydrogens is 431 g/mol. The number of aromatic amines is 1. The number of nitrogens with one attached hydrogen (secondary N) is 2. The third-order valence-electron chi connectivity index (χ3n) is 6.88. The van der Waals surface area contributed by atoms with Crippen molar-refractivity contribution in [1.29, 1.82) is 0 Å². The van der Waals surface area contributed by atoms with Crippen molar-refractivity contribution in [2.24, 2.45) is 0 Å². The second-order valence-electron chi connectivity index (χ2n) is 9.11. The number of nitrogens with zero attached hydrogens (tertiary/aromatic N) is 4. The number of fused-ring (bicyclic) bond motifs is 1. The van der Waals surface area contributed by atoms with Gasteiger partial charge in [0, 0.05) is 71.9 Å². The van der Waals surface area contributed by atoms with Crippen LogP contribution in [0.3, 0.4) is 0 Å². The van der Waals surface area contributed by atoms with Gasteiger partial charge in [-0.15, -0.1) is 0 Å². The van der Waals surface area contributed by atoms with E-state index >= 15 is 4.39 Å². The van der Waals surface area contributed by atoms with Crippen LogP contribution >= 0.6 is 0 Å². The van der Waals surface area contributed by atoms with Crippen molar-refractivity contribution < 1.29 is 9.18 Å². The minimum Gasteiger partial charge on any atom is -0.368 e. The molecule has 8 heteroatoms. The van der Waals surface area contributed by atoms with Gasteiger partial charge in [0.1, 0.15) is 11.5 Å². The lowest BCUT2D eigenvalue weighted by molar-refractivity contribution is 0.103. The van der Waals surface area contributed by atoms with Crippen molar-refractivity contribution in [3.05, 3.63) is 71.8 Å². The smallest absolute Gasteiger partial charge is 0.198 e. The molecule has 0 spiro atoms. The van der Waals surface area contributed by atoms with E-state index in [0.717, 1.165) is 42.8 Å². The van der Waals surface area contributed by atoms with E-state index in [-0.39, 0.29) is 11.3 Å². The lowest BCUT2D eigenvalue weighted by Crippen LogP contribution is -2.30. The number of benzene rings is 1. The van der Waals surface area contributed by atoms with Crippen LogP contribution in [0.25, 0.3) is 22.2 Å². The molecular formula is C26H25FN6O. The number of rotatable bonds is 6. The lowest BCUT2D eigenvalue weighted by atomic mass is 10.0. The molecule has 1 saturated carbocycles. The first-order valence-electron chi connectivity index (χ1n) is 11.7. The Kier molecular flexibility index (Phi) is 5.10. The molecule has 2 N–H and O–H groups in total. The number of halogens is 1. The number of carbonyl (C=O) groups is 1. The largest absolute Gasteiger partial charge is 0.368 e. The van der Waals surface area contributed by atoms with Gasteiger partial charge in [0.25, 0.3) is 0 Å². The lowest BCUT2D eigenvalue weighted by Gasteiger charge is -2.20. The van der Waals surface area contributed by atoms with Crippen LogP contribution in [0.15, 0.2) is 49.1 Å². The van der Waals surface area contributed by atoms with E-state index in [1.807, 2.05) is 18.0 Å². The Morgan fingerprint density at radius 2 is 1.88 bits per heavy atom. The van der Waals surface area contributed by atoms with Crippen LogP contribution in [0.1, 0.15) is 46.9 Å². The molecule has 3 aromatic heterocycles. The molecule has 1 atom stereocenters. The number of anilines is 1. The fourth-order valence-electron chi connectivity index (χ4n) is 4.69. The third-order valence-corrected chi connectivity index (χ3v) is 6.88. The maximum atomic E-state index is 15.5. The predicted molar refractivity (Wildman–Crippen MR) is 129 cm³/mol. The number of ketones is 1. The van der Waals surface area contributed by atoms with Gasteiger partial charge in [-0.3, -0.25) is 4.79 Å². The highest BCUT2D eigenvalue weighted by molar-refractivity contribution is 6.16. The molecule has 6 rings (SSSR count). The van der Waals surface area contributed by atoms with Crippen LogP contribution in [0.4, 0.5) is 10.1 Å². The van der Waals surface area contributed by atoms with Gasteiger partial charge in [-0.25, -0.2) is 19.3 Å². The van der Waals surface area contributed by atoms with Gasteiger partial charge in [0.05, 0.1) is 11.3 Å². The van der Waals surface area contributed by atoms with Gasteiger partial charge in [-0.2, -0.15) is 0 Å². The van der Waals surface area contributed by atoms with Crippen LogP contribution in [0.5, 0.6) is 0 Å². The van der Waals surface area contributed by atoms with E-state index < -0.39 is 5.82 Å². The number of carbonyl (C=O) groups excluding carboxylic acids is 1. The number of likely N-dealkylation sites (N-methyl/N-ethyl adjacent to an activating group) is 1. The van der Waals surface area contributed by atoms with Gasteiger partial charge in [0.2, 0.25) is 0 Å². The summed E-state index contributed by atoms with van der Waals surface area (Å²) in [5, 5.41) is 3.89. The first kappa shape index (κ1) is 20.9. The second kappa shape index (κ2) is 8.29. The first-order valence-corrected chi connectivity index (χ1v) is 11.7. The van der Waals surface area contributed by atoms with E-state index in [9.17, 15) is 4.79 Å². The molecule has 1 aromatic carbocycles. The van der Waals surface area contributed by atoms with E-state index in [4.69, 9.17) is 0 Å². The maximum Gasteiger partial charge on any atom is 0.198 e. The number of H-pyrrole nitrogens is 1. The van der Waals surface area contributed by atoms with Crippen molar-refractivity contribution >= 4 is 22.5 Å². The summed E-state index contributed by atoms with van der Waals surface area (Å²) in [5.74, 6) is 0.518. The molecule has 1 unspecified atom stereocenters. The maximum absolute atomic E-state index is 15.5. The van der Waals surface area contributed by atoms with Crippen molar-refractivity contribution in [3.63, 3.8) is 0 Å². The number of hydrogen-bond donors (Lipinski definition) is 2. The number of pyridine rings is 1. The molecule has 1 aliphatic heterocycles. The molecule has 1 saturated heterocycles. The summed E-state index contributed by atoms with van der Waals surface area (Å²) in [4.78, 5) is 32.0. The summed E-state index contributed by atoms with van der Waals surface area (Å²) in [6.07, 6.45) is 10.2. The summed E-state index contributed by atoms with van der Waals surface area (Å²) in [5.41, 5.74) is 3.15. The highest BCUT2D eigenvalue weighted by Gasteiger charge is 2.27. The molecule has 34 heavy (non-hydrogen) atoms. The Balaban J connectivity index is 1.34. The summed E-state index contributed by atoms with van der Waals surface area (Å²) >= 11 is 0. The Labute approximate surface area is 196 Å². The average Bonchev–Trinajstić information content (AvgIpc) is 3.46. The van der Waals surface area contributed by atoms with Crippen LogP contribution in [-0.2, 0) is 0 Å². The minimum absolute atomic E-state index is 0.0637. The first-order chi connectivity index (χ1) is 16.6. The molecule has 7 nitrogen and oxygen atoms in total. The van der Waals surface area contributed by atoms with Gasteiger partial charge < -0.3 is 15.2 Å². The molecule has 0 radical (unpaired) electrons. The van der Waals surface area contributed by atoms with E-state index in [1.54, 1.807) is 43.0 Å². The van der Waals surface area contributed by atoms with E-state index in [2.05, 4.69) is 25.3 Å². The van der Waals surface area contributed by atoms with Crippen molar-refractivity contribution in [1.82, 2.24) is 25.3 Å². The summed E-state index contributed by atoms with van der Waals surface area (Å²) in [6.45, 7) is 1.47. The normalized spacial score (nSPS) is 18.1. The zero-order chi connectivity index (χ0) is 23.2. The van der Waals surface area contributed by atoms with E-state index in [1.165, 1.54) is 0 Å². The molecule has 2 aliphatic rings. The SMILES string of the molecule is CNC1CCN(c2cccc(C(=O)c3c[nH]c4ncc(-c5cnc(C6CC6)nc5)cc34)c2F)C1. The fourth-order valence-corrected chi connectivity index (χ4v) is 4.69. The van der Waals surface area contributed by atoms with Gasteiger partial charge in [0.15, 0.2) is 11.6 Å². The Hall–Kier alpha value is -3.65. The van der Waals surface area contributed by atoms with Gasteiger partial charge in [-0.05, 0) is 44.5 Å². The third kappa shape index (κ3) is 3.64. The molecule has 4 aromatic rings.